The Labute approximate surface area is 145 Å². The van der Waals surface area contributed by atoms with Gasteiger partial charge >= 0.3 is 0 Å². The summed E-state index contributed by atoms with van der Waals surface area (Å²) in [6.07, 6.45) is 4.76. The van der Waals surface area contributed by atoms with Gasteiger partial charge in [0, 0.05) is 24.5 Å². The Bertz CT molecular complexity index is 753. The Hall–Kier alpha value is -2.74. The maximum Gasteiger partial charge on any atom is 0.269 e. The van der Waals surface area contributed by atoms with Gasteiger partial charge in [0.15, 0.2) is 0 Å². The molecular formula is C17H21N5O3. The Morgan fingerprint density at radius 2 is 2.16 bits per heavy atom. The van der Waals surface area contributed by atoms with Crippen LogP contribution in [0.5, 0.6) is 0 Å². The van der Waals surface area contributed by atoms with Crippen molar-refractivity contribution < 1.29 is 9.72 Å². The highest BCUT2D eigenvalue weighted by Gasteiger charge is 2.42. The lowest BCUT2D eigenvalue weighted by atomic mass is 9.87. The number of hydrogen-bond acceptors (Lipinski definition) is 5. The number of nitrogens with zero attached hydrogens (tertiary/aromatic N) is 3. The molecule has 1 aromatic heterocycles. The highest BCUT2D eigenvalue weighted by Crippen LogP contribution is 2.28. The van der Waals surface area contributed by atoms with Gasteiger partial charge in [0.05, 0.1) is 11.0 Å². The first-order chi connectivity index (χ1) is 12.0. The van der Waals surface area contributed by atoms with Gasteiger partial charge in [0.2, 0.25) is 5.91 Å². The summed E-state index contributed by atoms with van der Waals surface area (Å²) in [4.78, 5) is 23.6. The maximum absolute atomic E-state index is 13.1. The SMILES string of the molecule is CC(NC(=O)C1(n2cccn2)CCNCC1)c1cccc([N+](=O)[O-])c1. The van der Waals surface area contributed by atoms with Gasteiger partial charge in [0.1, 0.15) is 5.54 Å². The van der Waals surface area contributed by atoms with E-state index in [-0.39, 0.29) is 17.6 Å². The molecule has 0 bridgehead atoms. The van der Waals surface area contributed by atoms with Gasteiger partial charge in [-0.1, -0.05) is 12.1 Å². The van der Waals surface area contributed by atoms with Crippen LogP contribution in [0.15, 0.2) is 42.7 Å². The molecule has 1 fully saturated rings. The van der Waals surface area contributed by atoms with Crippen LogP contribution in [-0.2, 0) is 10.3 Å². The number of nitrogens with one attached hydrogen (secondary N) is 2. The third-order valence-corrected chi connectivity index (χ3v) is 4.72. The van der Waals surface area contributed by atoms with Crippen molar-refractivity contribution in [1.29, 1.82) is 0 Å². The normalized spacial score (nSPS) is 17.6. The van der Waals surface area contributed by atoms with Crippen LogP contribution in [0, 0.1) is 10.1 Å². The second-order valence-electron chi connectivity index (χ2n) is 6.28. The van der Waals surface area contributed by atoms with Gasteiger partial charge < -0.3 is 10.6 Å². The average Bonchev–Trinajstić information content (AvgIpc) is 3.17. The average molecular weight is 343 g/mol. The largest absolute Gasteiger partial charge is 0.347 e. The lowest BCUT2D eigenvalue weighted by molar-refractivity contribution is -0.384. The molecule has 0 aliphatic carbocycles. The zero-order chi connectivity index (χ0) is 17.9. The number of rotatable bonds is 5. The lowest BCUT2D eigenvalue weighted by Gasteiger charge is -2.37. The number of aromatic nitrogens is 2. The number of carbonyl (C=O) groups is 1. The molecule has 1 saturated heterocycles. The summed E-state index contributed by atoms with van der Waals surface area (Å²) in [7, 11) is 0. The Kier molecular flexibility index (Phi) is 4.80. The fourth-order valence-corrected chi connectivity index (χ4v) is 3.24. The second kappa shape index (κ2) is 7.02. The van der Waals surface area contributed by atoms with Crippen LogP contribution in [-0.4, -0.2) is 33.7 Å². The molecule has 3 rings (SSSR count). The fraction of sp³-hybridized carbons (Fsp3) is 0.412. The minimum atomic E-state index is -0.732. The minimum absolute atomic E-state index is 0.0160. The Balaban J connectivity index is 1.82. The highest BCUT2D eigenvalue weighted by molar-refractivity contribution is 5.85. The molecule has 25 heavy (non-hydrogen) atoms. The third kappa shape index (κ3) is 3.39. The van der Waals surface area contributed by atoms with Crippen molar-refractivity contribution in [3.05, 3.63) is 58.4 Å². The van der Waals surface area contributed by atoms with E-state index in [4.69, 9.17) is 0 Å². The molecule has 8 nitrogen and oxygen atoms in total. The monoisotopic (exact) mass is 343 g/mol. The second-order valence-corrected chi connectivity index (χ2v) is 6.28. The smallest absolute Gasteiger partial charge is 0.269 e. The Morgan fingerprint density at radius 3 is 2.80 bits per heavy atom. The molecule has 1 unspecified atom stereocenters. The molecule has 1 aliphatic rings. The van der Waals surface area contributed by atoms with Crippen LogP contribution in [0.1, 0.15) is 31.4 Å². The van der Waals surface area contributed by atoms with Gasteiger partial charge in [-0.05, 0) is 44.5 Å². The van der Waals surface area contributed by atoms with E-state index in [1.807, 2.05) is 13.1 Å². The number of nitro benzene ring substituents is 1. The van der Waals surface area contributed by atoms with E-state index in [9.17, 15) is 14.9 Å². The number of benzene rings is 1. The number of carbonyl (C=O) groups excluding carboxylic acids is 1. The number of amides is 1. The van der Waals surface area contributed by atoms with Crippen LogP contribution in [0.4, 0.5) is 5.69 Å². The number of nitro groups is 1. The van der Waals surface area contributed by atoms with Crippen molar-refractivity contribution in [2.24, 2.45) is 0 Å². The summed E-state index contributed by atoms with van der Waals surface area (Å²) in [6.45, 7) is 3.30. The molecule has 8 heteroatoms. The van der Waals surface area contributed by atoms with Crippen LogP contribution >= 0.6 is 0 Å². The Morgan fingerprint density at radius 1 is 1.40 bits per heavy atom. The van der Waals surface area contributed by atoms with Crippen LogP contribution in [0.25, 0.3) is 0 Å². The molecule has 0 saturated carbocycles. The van der Waals surface area contributed by atoms with E-state index in [1.54, 1.807) is 29.1 Å². The topological polar surface area (TPSA) is 102 Å². The summed E-state index contributed by atoms with van der Waals surface area (Å²) in [6, 6.07) is 7.81. The maximum atomic E-state index is 13.1. The van der Waals surface area contributed by atoms with E-state index in [1.165, 1.54) is 12.1 Å². The van der Waals surface area contributed by atoms with Crippen LogP contribution < -0.4 is 10.6 Å². The molecule has 0 radical (unpaired) electrons. The zero-order valence-electron chi connectivity index (χ0n) is 14.0. The van der Waals surface area contributed by atoms with E-state index >= 15 is 0 Å². The van der Waals surface area contributed by atoms with Gasteiger partial charge in [-0.3, -0.25) is 19.6 Å². The fourth-order valence-electron chi connectivity index (χ4n) is 3.24. The predicted octanol–water partition coefficient (Wildman–Crippen LogP) is 1.75. The van der Waals surface area contributed by atoms with Crippen LogP contribution in [0.3, 0.4) is 0 Å². The third-order valence-electron chi connectivity index (χ3n) is 4.72. The molecule has 2 aromatic rings. The molecule has 2 heterocycles. The van der Waals surface area contributed by atoms with Gasteiger partial charge in [0.25, 0.3) is 5.69 Å². The first-order valence-electron chi connectivity index (χ1n) is 8.29. The van der Waals surface area contributed by atoms with Gasteiger partial charge in [-0.25, -0.2) is 0 Å². The zero-order valence-corrected chi connectivity index (χ0v) is 14.0. The molecule has 1 atom stereocenters. The summed E-state index contributed by atoms with van der Waals surface area (Å²) < 4.78 is 1.73. The summed E-state index contributed by atoms with van der Waals surface area (Å²) >= 11 is 0. The highest BCUT2D eigenvalue weighted by atomic mass is 16.6. The summed E-state index contributed by atoms with van der Waals surface area (Å²) in [5, 5.41) is 21.5. The summed E-state index contributed by atoms with van der Waals surface area (Å²) in [5.74, 6) is -0.114. The molecule has 1 aliphatic heterocycles. The molecule has 0 spiro atoms. The first kappa shape index (κ1) is 17.1. The van der Waals surface area contributed by atoms with Crippen molar-refractivity contribution in [3.63, 3.8) is 0 Å². The van der Waals surface area contributed by atoms with E-state index in [0.717, 1.165) is 13.1 Å². The van der Waals surface area contributed by atoms with Crippen molar-refractivity contribution in [1.82, 2.24) is 20.4 Å². The van der Waals surface area contributed by atoms with E-state index in [0.29, 0.717) is 18.4 Å². The predicted molar refractivity (Wildman–Crippen MR) is 92.0 cm³/mol. The van der Waals surface area contributed by atoms with E-state index in [2.05, 4.69) is 15.7 Å². The number of piperidine rings is 1. The first-order valence-corrected chi connectivity index (χ1v) is 8.29. The molecule has 2 N–H and O–H groups in total. The summed E-state index contributed by atoms with van der Waals surface area (Å²) in [5.41, 5.74) is -0.0154. The van der Waals surface area contributed by atoms with Crippen molar-refractivity contribution in [2.75, 3.05) is 13.1 Å². The van der Waals surface area contributed by atoms with E-state index < -0.39 is 10.5 Å². The molecule has 1 aromatic carbocycles. The van der Waals surface area contributed by atoms with Crippen molar-refractivity contribution >= 4 is 11.6 Å². The standard InChI is InChI=1S/C17H21N5O3/c1-13(14-4-2-5-15(12-14)22(24)25)20-16(23)17(6-9-18-10-7-17)21-11-3-8-19-21/h2-5,8,11-13,18H,6-7,9-10H2,1H3,(H,20,23). The molecular weight excluding hydrogens is 322 g/mol. The molecule has 132 valence electrons. The lowest BCUT2D eigenvalue weighted by Crippen LogP contribution is -2.55. The quantitative estimate of drug-likeness (QED) is 0.636. The number of hydrogen-bond donors (Lipinski definition) is 2. The minimum Gasteiger partial charge on any atom is -0.347 e. The van der Waals surface area contributed by atoms with Crippen molar-refractivity contribution in [3.8, 4) is 0 Å². The van der Waals surface area contributed by atoms with Gasteiger partial charge in [-0.2, -0.15) is 5.10 Å². The van der Waals surface area contributed by atoms with Crippen molar-refractivity contribution in [2.45, 2.75) is 31.3 Å². The molecule has 1 amide bonds. The number of non-ortho nitro benzene ring substituents is 1. The van der Waals surface area contributed by atoms with Gasteiger partial charge in [-0.15, -0.1) is 0 Å². The van der Waals surface area contributed by atoms with Crippen LogP contribution in [0.2, 0.25) is 0 Å².